The molecule has 7 nitrogen and oxygen atoms in total. The van der Waals surface area contributed by atoms with E-state index in [-0.39, 0.29) is 11.9 Å². The largest absolute Gasteiger partial charge is 0.315 e. The number of hydrogen-bond donors (Lipinski definition) is 1. The van der Waals surface area contributed by atoms with Crippen LogP contribution in [0, 0.1) is 20.8 Å². The molecule has 5 rings (SSSR count). The van der Waals surface area contributed by atoms with Gasteiger partial charge in [0, 0.05) is 24.3 Å². The average Bonchev–Trinajstić information content (AvgIpc) is 3.29. The fraction of sp³-hybridized carbons (Fsp3) is 0.320. The van der Waals surface area contributed by atoms with Crippen molar-refractivity contribution in [1.29, 1.82) is 0 Å². The van der Waals surface area contributed by atoms with Gasteiger partial charge in [-0.1, -0.05) is 23.5 Å². The van der Waals surface area contributed by atoms with Crippen molar-refractivity contribution in [1.82, 2.24) is 25.5 Å². The summed E-state index contributed by atoms with van der Waals surface area (Å²) in [5.41, 5.74) is 3.54. The molecule has 1 aliphatic heterocycles. The molecule has 1 saturated heterocycles. The quantitative estimate of drug-likeness (QED) is 0.486. The summed E-state index contributed by atoms with van der Waals surface area (Å²) in [5, 5.41) is 15.5. The van der Waals surface area contributed by atoms with Crippen LogP contribution < -0.4 is 10.2 Å². The number of carbonyl (C=O) groups excluding carboxylic acids is 1. The van der Waals surface area contributed by atoms with Crippen molar-refractivity contribution >= 4 is 33.8 Å². The Kier molecular flexibility index (Phi) is 5.86. The standard InChI is InChI=1S/C25H26N6OS/c1-15-6-7-16(2)22-20(15)10-12-27-23(22)31(19-5-4-11-26-14-19)25(32)18-8-9-21(28-13-18)24-30-29-17(3)33-24/h6-10,12-13,19,26H,4-5,11,14H2,1-3H3/t19-/m1/s1. The van der Waals surface area contributed by atoms with Crippen molar-refractivity contribution in [2.45, 2.75) is 39.7 Å². The molecular weight excluding hydrogens is 432 g/mol. The number of benzene rings is 1. The van der Waals surface area contributed by atoms with E-state index in [0.717, 1.165) is 63.8 Å². The highest BCUT2D eigenvalue weighted by Gasteiger charge is 2.30. The van der Waals surface area contributed by atoms with Crippen LogP contribution in [0.4, 0.5) is 5.82 Å². The monoisotopic (exact) mass is 458 g/mol. The maximum Gasteiger partial charge on any atom is 0.261 e. The van der Waals surface area contributed by atoms with Crippen LogP contribution in [0.15, 0.2) is 42.7 Å². The lowest BCUT2D eigenvalue weighted by Gasteiger charge is -2.35. The maximum absolute atomic E-state index is 13.9. The number of fused-ring (bicyclic) bond motifs is 1. The van der Waals surface area contributed by atoms with Crippen LogP contribution in [0.5, 0.6) is 0 Å². The minimum absolute atomic E-state index is 0.0229. The average molecular weight is 459 g/mol. The molecule has 1 aliphatic rings. The fourth-order valence-corrected chi connectivity index (χ4v) is 5.12. The molecule has 33 heavy (non-hydrogen) atoms. The smallest absolute Gasteiger partial charge is 0.261 e. The molecule has 0 saturated carbocycles. The van der Waals surface area contributed by atoms with Crippen LogP contribution in [0.1, 0.15) is 39.3 Å². The number of pyridine rings is 2. The van der Waals surface area contributed by atoms with Crippen LogP contribution in [0.25, 0.3) is 21.5 Å². The molecule has 0 radical (unpaired) electrons. The van der Waals surface area contributed by atoms with Crippen molar-refractivity contribution in [2.75, 3.05) is 18.0 Å². The summed E-state index contributed by atoms with van der Waals surface area (Å²) in [6.45, 7) is 7.80. The number of hydrogen-bond acceptors (Lipinski definition) is 7. The highest BCUT2D eigenvalue weighted by atomic mass is 32.1. The summed E-state index contributed by atoms with van der Waals surface area (Å²) in [6.07, 6.45) is 5.39. The first-order valence-electron chi connectivity index (χ1n) is 11.2. The van der Waals surface area contributed by atoms with E-state index in [4.69, 9.17) is 4.98 Å². The number of aryl methyl sites for hydroxylation is 3. The normalized spacial score (nSPS) is 16.2. The van der Waals surface area contributed by atoms with Gasteiger partial charge in [0.2, 0.25) is 0 Å². The number of amides is 1. The summed E-state index contributed by atoms with van der Waals surface area (Å²) in [4.78, 5) is 25.1. The third kappa shape index (κ3) is 4.12. The lowest BCUT2D eigenvalue weighted by Crippen LogP contribution is -2.49. The number of carbonyl (C=O) groups is 1. The zero-order chi connectivity index (χ0) is 22.9. The summed E-state index contributed by atoms with van der Waals surface area (Å²) in [7, 11) is 0. The summed E-state index contributed by atoms with van der Waals surface area (Å²) in [6, 6.07) is 9.95. The van der Waals surface area contributed by atoms with Gasteiger partial charge in [-0.15, -0.1) is 10.2 Å². The highest BCUT2D eigenvalue weighted by molar-refractivity contribution is 7.14. The Hall–Kier alpha value is -3.23. The third-order valence-corrected chi connectivity index (χ3v) is 7.03. The molecule has 1 atom stereocenters. The lowest BCUT2D eigenvalue weighted by molar-refractivity contribution is 0.0971. The van der Waals surface area contributed by atoms with Gasteiger partial charge in [-0.2, -0.15) is 0 Å². The van der Waals surface area contributed by atoms with E-state index in [2.05, 4.69) is 46.5 Å². The molecule has 1 amide bonds. The van der Waals surface area contributed by atoms with Gasteiger partial charge >= 0.3 is 0 Å². The number of nitrogens with zero attached hydrogens (tertiary/aromatic N) is 5. The molecule has 4 heterocycles. The van der Waals surface area contributed by atoms with Gasteiger partial charge in [0.05, 0.1) is 11.6 Å². The molecule has 1 N–H and O–H groups in total. The lowest BCUT2D eigenvalue weighted by atomic mass is 9.99. The van der Waals surface area contributed by atoms with Crippen molar-refractivity contribution in [3.05, 3.63) is 64.4 Å². The van der Waals surface area contributed by atoms with E-state index in [9.17, 15) is 4.79 Å². The Bertz CT molecular complexity index is 1310. The Balaban J connectivity index is 1.59. The second-order valence-electron chi connectivity index (χ2n) is 8.49. The predicted molar refractivity (Wildman–Crippen MR) is 132 cm³/mol. The minimum Gasteiger partial charge on any atom is -0.315 e. The molecule has 1 fully saturated rings. The van der Waals surface area contributed by atoms with Crippen LogP contribution in [-0.2, 0) is 0 Å². The van der Waals surface area contributed by atoms with Crippen molar-refractivity contribution in [2.24, 2.45) is 0 Å². The maximum atomic E-state index is 13.9. The predicted octanol–water partition coefficient (Wildman–Crippen LogP) is 4.47. The molecule has 0 bridgehead atoms. The zero-order valence-electron chi connectivity index (χ0n) is 19.0. The van der Waals surface area contributed by atoms with E-state index < -0.39 is 0 Å². The highest BCUT2D eigenvalue weighted by Crippen LogP contribution is 2.33. The van der Waals surface area contributed by atoms with Gasteiger partial charge < -0.3 is 5.32 Å². The first-order valence-corrected chi connectivity index (χ1v) is 12.0. The fourth-order valence-electron chi connectivity index (χ4n) is 4.45. The summed E-state index contributed by atoms with van der Waals surface area (Å²) >= 11 is 1.49. The van der Waals surface area contributed by atoms with Crippen molar-refractivity contribution in [3.63, 3.8) is 0 Å². The van der Waals surface area contributed by atoms with Crippen LogP contribution in [0.2, 0.25) is 0 Å². The molecule has 0 unspecified atom stereocenters. The Morgan fingerprint density at radius 3 is 2.61 bits per heavy atom. The van der Waals surface area contributed by atoms with E-state index >= 15 is 0 Å². The summed E-state index contributed by atoms with van der Waals surface area (Å²) in [5.74, 6) is 0.633. The number of piperidine rings is 1. The van der Waals surface area contributed by atoms with E-state index in [1.807, 2.05) is 30.0 Å². The van der Waals surface area contributed by atoms with Gasteiger partial charge in [0.1, 0.15) is 16.5 Å². The first kappa shape index (κ1) is 21.6. The van der Waals surface area contributed by atoms with Crippen molar-refractivity contribution in [3.8, 4) is 10.7 Å². The molecule has 0 spiro atoms. The van der Waals surface area contributed by atoms with Crippen LogP contribution in [-0.4, -0.2) is 45.2 Å². The second-order valence-corrected chi connectivity index (χ2v) is 9.67. The number of anilines is 1. The molecule has 4 aromatic rings. The minimum atomic E-state index is -0.0860. The molecule has 8 heteroatoms. The van der Waals surface area contributed by atoms with Gasteiger partial charge in [-0.25, -0.2) is 4.98 Å². The molecular formula is C25H26N6OS. The molecule has 168 valence electrons. The molecule has 0 aliphatic carbocycles. The van der Waals surface area contributed by atoms with Gasteiger partial charge in [-0.05, 0) is 74.9 Å². The third-order valence-electron chi connectivity index (χ3n) is 6.17. The van der Waals surface area contributed by atoms with Gasteiger partial charge in [-0.3, -0.25) is 14.7 Å². The molecule has 3 aromatic heterocycles. The SMILES string of the molecule is Cc1nnc(-c2ccc(C(=O)N(c3nccc4c(C)ccc(C)c34)[C@@H]3CCCNC3)cn2)s1. The summed E-state index contributed by atoms with van der Waals surface area (Å²) < 4.78 is 0. The number of aromatic nitrogens is 4. The second kappa shape index (κ2) is 8.96. The molecule has 1 aromatic carbocycles. The van der Waals surface area contributed by atoms with E-state index in [1.54, 1.807) is 12.4 Å². The van der Waals surface area contributed by atoms with Gasteiger partial charge in [0.15, 0.2) is 5.01 Å². The number of rotatable bonds is 4. The Morgan fingerprint density at radius 2 is 1.91 bits per heavy atom. The Labute approximate surface area is 196 Å². The topological polar surface area (TPSA) is 83.9 Å². The zero-order valence-corrected chi connectivity index (χ0v) is 19.8. The van der Waals surface area contributed by atoms with E-state index in [1.165, 1.54) is 16.9 Å². The van der Waals surface area contributed by atoms with Crippen LogP contribution >= 0.6 is 11.3 Å². The van der Waals surface area contributed by atoms with Crippen molar-refractivity contribution < 1.29 is 4.79 Å². The number of nitrogens with one attached hydrogen (secondary N) is 1. The first-order chi connectivity index (χ1) is 16.0. The van der Waals surface area contributed by atoms with Crippen LogP contribution in [0.3, 0.4) is 0 Å². The van der Waals surface area contributed by atoms with Gasteiger partial charge in [0.25, 0.3) is 5.91 Å². The Morgan fingerprint density at radius 1 is 1.06 bits per heavy atom. The van der Waals surface area contributed by atoms with E-state index in [0.29, 0.717) is 5.56 Å².